The SMILES string of the molecule is N#Cc1ccc(-n2c3ccccc3c3c4oc5ccccc5c4ccc32)c(C2=C(n3c4ccccc4c4c5oc6ccccc6c5ccc43)C=CC#CC2)c1. The molecule has 5 nitrogen and oxygen atoms in total. The number of benzene rings is 7. The summed E-state index contributed by atoms with van der Waals surface area (Å²) >= 11 is 0. The number of hydrogen-bond donors (Lipinski definition) is 0. The van der Waals surface area contributed by atoms with Crippen LogP contribution in [-0.4, -0.2) is 9.13 Å². The number of fused-ring (bicyclic) bond motifs is 14. The third kappa shape index (κ3) is 4.07. The van der Waals surface area contributed by atoms with Crippen molar-refractivity contribution in [2.75, 3.05) is 0 Å². The van der Waals surface area contributed by atoms with Crippen molar-refractivity contribution in [1.82, 2.24) is 9.13 Å². The van der Waals surface area contributed by atoms with E-state index in [0.717, 1.165) is 110 Å². The van der Waals surface area contributed by atoms with Gasteiger partial charge in [0.2, 0.25) is 0 Å². The molecule has 254 valence electrons. The average molecular weight is 702 g/mol. The van der Waals surface area contributed by atoms with Crippen LogP contribution in [0.5, 0.6) is 0 Å². The number of aromatic nitrogens is 2. The molecule has 12 rings (SSSR count). The molecule has 0 spiro atoms. The Bertz CT molecular complexity index is 3650. The maximum absolute atomic E-state index is 10.3. The monoisotopic (exact) mass is 701 g/mol. The van der Waals surface area contributed by atoms with Crippen LogP contribution in [0.1, 0.15) is 17.5 Å². The Balaban J connectivity index is 1.20. The van der Waals surface area contributed by atoms with Gasteiger partial charge in [-0.2, -0.15) is 5.26 Å². The first kappa shape index (κ1) is 29.8. The van der Waals surface area contributed by atoms with Gasteiger partial charge in [-0.3, -0.25) is 0 Å². The fourth-order valence-electron chi connectivity index (χ4n) is 8.98. The first-order chi connectivity index (χ1) is 27.3. The largest absolute Gasteiger partial charge is 0.455 e. The molecule has 5 heteroatoms. The molecular weight excluding hydrogens is 675 g/mol. The highest BCUT2D eigenvalue weighted by Gasteiger charge is 2.25. The Kier molecular flexibility index (Phi) is 6.04. The summed E-state index contributed by atoms with van der Waals surface area (Å²) in [5.74, 6) is 6.69. The van der Waals surface area contributed by atoms with Gasteiger partial charge in [-0.25, -0.2) is 0 Å². The van der Waals surface area contributed by atoms with Crippen molar-refractivity contribution in [2.24, 2.45) is 0 Å². The Morgan fingerprint density at radius 3 is 1.75 bits per heavy atom. The molecule has 0 saturated heterocycles. The molecule has 4 aromatic heterocycles. The molecule has 0 radical (unpaired) electrons. The smallest absolute Gasteiger partial charge is 0.145 e. The van der Waals surface area contributed by atoms with E-state index in [9.17, 15) is 5.26 Å². The number of para-hydroxylation sites is 4. The van der Waals surface area contributed by atoms with Crippen molar-refractivity contribution in [3.05, 3.63) is 163 Å². The molecule has 0 fully saturated rings. The van der Waals surface area contributed by atoms with E-state index in [-0.39, 0.29) is 0 Å². The molecule has 0 unspecified atom stereocenters. The van der Waals surface area contributed by atoms with E-state index in [2.05, 4.69) is 136 Å². The van der Waals surface area contributed by atoms with Crippen LogP contribution in [-0.2, 0) is 0 Å². The van der Waals surface area contributed by atoms with Crippen molar-refractivity contribution in [3.63, 3.8) is 0 Å². The standard InChI is InChI=1S/C50H27N3O2/c51-29-30-22-25-42(53-41-19-9-5-16-37(41)48-44(53)27-24-35-33-14-7-11-21-46(33)55-50(35)48)38(28-30)31-12-2-1-3-17-39(31)52-40-18-8-4-15-36(40)47-43(52)26-23-34-32-13-6-10-20-45(32)54-49(34)47/h3-11,13-28H,12H2. The molecule has 0 N–H and O–H groups in total. The second-order valence-corrected chi connectivity index (χ2v) is 14.1. The highest BCUT2D eigenvalue weighted by Crippen LogP contribution is 2.45. The quantitative estimate of drug-likeness (QED) is 0.172. The minimum Gasteiger partial charge on any atom is -0.455 e. The van der Waals surface area contributed by atoms with Crippen molar-refractivity contribution in [3.8, 4) is 23.6 Å². The first-order valence-corrected chi connectivity index (χ1v) is 18.4. The van der Waals surface area contributed by atoms with Crippen LogP contribution in [0.25, 0.3) is 104 Å². The second-order valence-electron chi connectivity index (χ2n) is 14.1. The van der Waals surface area contributed by atoms with E-state index < -0.39 is 0 Å². The molecule has 0 amide bonds. The topological polar surface area (TPSA) is 59.9 Å². The first-order valence-electron chi connectivity index (χ1n) is 18.4. The molecule has 1 aliphatic carbocycles. The highest BCUT2D eigenvalue weighted by molar-refractivity contribution is 6.26. The van der Waals surface area contributed by atoms with Gasteiger partial charge in [-0.05, 0) is 84.5 Å². The fourth-order valence-corrected chi connectivity index (χ4v) is 8.98. The lowest BCUT2D eigenvalue weighted by Crippen LogP contribution is -2.04. The van der Waals surface area contributed by atoms with E-state index in [1.165, 1.54) is 0 Å². The summed E-state index contributed by atoms with van der Waals surface area (Å²) in [5, 5.41) is 19.0. The van der Waals surface area contributed by atoms with Gasteiger partial charge in [-0.1, -0.05) is 84.6 Å². The van der Waals surface area contributed by atoms with E-state index >= 15 is 0 Å². The zero-order valence-electron chi connectivity index (χ0n) is 29.3. The molecular formula is C50H27N3O2. The molecule has 0 bridgehead atoms. The van der Waals surface area contributed by atoms with Gasteiger partial charge in [0, 0.05) is 44.3 Å². The Morgan fingerprint density at radius 2 is 1.11 bits per heavy atom. The lowest BCUT2D eigenvalue weighted by Gasteiger charge is -2.19. The van der Waals surface area contributed by atoms with Crippen LogP contribution >= 0.6 is 0 Å². The van der Waals surface area contributed by atoms with Crippen molar-refractivity contribution >= 4 is 98.8 Å². The van der Waals surface area contributed by atoms with Crippen LogP contribution in [0.2, 0.25) is 0 Å². The van der Waals surface area contributed by atoms with Gasteiger partial charge < -0.3 is 18.0 Å². The lowest BCUT2D eigenvalue weighted by molar-refractivity contribution is 0.672. The maximum atomic E-state index is 10.3. The van der Waals surface area contributed by atoms with Gasteiger partial charge in [0.05, 0.1) is 55.9 Å². The van der Waals surface area contributed by atoms with E-state index in [0.29, 0.717) is 12.0 Å². The summed E-state index contributed by atoms with van der Waals surface area (Å²) in [6.07, 6.45) is 4.54. The number of furan rings is 2. The normalized spacial score (nSPS) is 13.2. The minimum absolute atomic E-state index is 0.482. The van der Waals surface area contributed by atoms with Crippen LogP contribution in [0.3, 0.4) is 0 Å². The summed E-state index contributed by atoms with van der Waals surface area (Å²) in [7, 11) is 0. The lowest BCUT2D eigenvalue weighted by atomic mass is 9.96. The van der Waals surface area contributed by atoms with Crippen molar-refractivity contribution in [1.29, 1.82) is 5.26 Å². The molecule has 0 atom stereocenters. The Hall–Kier alpha value is -7.73. The van der Waals surface area contributed by atoms with Gasteiger partial charge in [0.25, 0.3) is 0 Å². The minimum atomic E-state index is 0.482. The van der Waals surface area contributed by atoms with Crippen LogP contribution in [0.15, 0.2) is 161 Å². The van der Waals surface area contributed by atoms with Crippen molar-refractivity contribution in [2.45, 2.75) is 6.42 Å². The molecule has 11 aromatic rings. The molecule has 4 heterocycles. The zero-order valence-corrected chi connectivity index (χ0v) is 29.3. The summed E-state index contributed by atoms with van der Waals surface area (Å²) in [5.41, 5.74) is 12.2. The third-order valence-electron chi connectivity index (χ3n) is 11.3. The third-order valence-corrected chi connectivity index (χ3v) is 11.3. The molecule has 0 aliphatic heterocycles. The number of nitriles is 1. The Labute approximate surface area is 313 Å². The van der Waals surface area contributed by atoms with Crippen molar-refractivity contribution < 1.29 is 8.83 Å². The average Bonchev–Trinajstić information content (AvgIpc) is 3.94. The summed E-state index contributed by atoms with van der Waals surface area (Å²) in [6.45, 7) is 0. The van der Waals surface area contributed by atoms with Gasteiger partial charge in [0.1, 0.15) is 22.3 Å². The van der Waals surface area contributed by atoms with Crippen LogP contribution < -0.4 is 0 Å². The molecule has 0 saturated carbocycles. The van der Waals surface area contributed by atoms with Crippen LogP contribution in [0.4, 0.5) is 0 Å². The number of rotatable bonds is 3. The predicted molar refractivity (Wildman–Crippen MR) is 224 cm³/mol. The van der Waals surface area contributed by atoms with E-state index in [1.807, 2.05) is 42.5 Å². The van der Waals surface area contributed by atoms with Crippen LogP contribution in [0, 0.1) is 23.2 Å². The van der Waals surface area contributed by atoms with E-state index in [1.54, 1.807) is 0 Å². The zero-order chi connectivity index (χ0) is 36.2. The highest BCUT2D eigenvalue weighted by atomic mass is 16.3. The molecule has 7 aromatic carbocycles. The predicted octanol–water partition coefficient (Wildman–Crippen LogP) is 12.9. The summed E-state index contributed by atoms with van der Waals surface area (Å²) in [4.78, 5) is 0. The van der Waals surface area contributed by atoms with Gasteiger partial charge >= 0.3 is 0 Å². The van der Waals surface area contributed by atoms with E-state index in [4.69, 9.17) is 8.83 Å². The summed E-state index contributed by atoms with van der Waals surface area (Å²) < 4.78 is 17.9. The van der Waals surface area contributed by atoms with Gasteiger partial charge in [-0.15, -0.1) is 0 Å². The maximum Gasteiger partial charge on any atom is 0.145 e. The number of nitrogens with zero attached hydrogens (tertiary/aromatic N) is 3. The molecule has 1 aliphatic rings. The van der Waals surface area contributed by atoms with Gasteiger partial charge in [0.15, 0.2) is 0 Å². The number of allylic oxidation sites excluding steroid dienone is 4. The Morgan fingerprint density at radius 1 is 0.545 bits per heavy atom. The summed E-state index contributed by atoms with van der Waals surface area (Å²) in [6, 6.07) is 50.7. The second kappa shape index (κ2) is 11.1. The fraction of sp³-hybridized carbons (Fsp3) is 0.0200. The number of hydrogen-bond acceptors (Lipinski definition) is 3. The molecule has 55 heavy (non-hydrogen) atoms.